The molecule has 3 rings (SSSR count). The maximum atomic E-state index is 12.4. The Morgan fingerprint density at radius 2 is 1.95 bits per heavy atom. The molecular weight excluding hydrogens is 256 g/mol. The molecule has 0 unspecified atom stereocenters. The van der Waals surface area contributed by atoms with Crippen LogP contribution in [-0.2, 0) is 13.1 Å². The van der Waals surface area contributed by atoms with Crippen LogP contribution >= 0.6 is 0 Å². The van der Waals surface area contributed by atoms with Crippen molar-refractivity contribution in [3.63, 3.8) is 0 Å². The van der Waals surface area contributed by atoms with E-state index in [4.69, 9.17) is 5.11 Å². The van der Waals surface area contributed by atoms with Crippen molar-refractivity contribution in [2.45, 2.75) is 38.4 Å². The van der Waals surface area contributed by atoms with Crippen molar-refractivity contribution >= 4 is 12.0 Å². The number of carboxylic acid groups (broad SMARTS) is 1. The van der Waals surface area contributed by atoms with Crippen molar-refractivity contribution in [3.8, 4) is 0 Å². The van der Waals surface area contributed by atoms with Gasteiger partial charge in [-0.1, -0.05) is 6.07 Å². The van der Waals surface area contributed by atoms with Crippen LogP contribution in [0.3, 0.4) is 0 Å². The second-order valence-electron chi connectivity index (χ2n) is 5.62. The summed E-state index contributed by atoms with van der Waals surface area (Å²) < 4.78 is 0. The van der Waals surface area contributed by atoms with E-state index < -0.39 is 5.97 Å². The number of hydrogen-bond acceptors (Lipinski definition) is 2. The normalized spacial score (nSPS) is 17.6. The summed E-state index contributed by atoms with van der Waals surface area (Å²) in [6.07, 6.45) is 3.38. The summed E-state index contributed by atoms with van der Waals surface area (Å²) in [5, 5.41) is 9.00. The third-order valence-corrected chi connectivity index (χ3v) is 4.37. The topological polar surface area (TPSA) is 60.9 Å². The lowest BCUT2D eigenvalue weighted by atomic mass is 9.92. The third-order valence-electron chi connectivity index (χ3n) is 4.37. The minimum absolute atomic E-state index is 0.0442. The van der Waals surface area contributed by atoms with E-state index in [-0.39, 0.29) is 11.6 Å². The van der Waals surface area contributed by atoms with E-state index >= 15 is 0 Å². The molecule has 0 atom stereocenters. The lowest BCUT2D eigenvalue weighted by Crippen LogP contribution is -2.46. The predicted molar refractivity (Wildman–Crippen MR) is 73.4 cm³/mol. The van der Waals surface area contributed by atoms with Crippen molar-refractivity contribution in [3.05, 3.63) is 34.9 Å². The van der Waals surface area contributed by atoms with Gasteiger partial charge in [0.2, 0.25) is 0 Å². The molecule has 0 bridgehead atoms. The van der Waals surface area contributed by atoms with Gasteiger partial charge in [-0.3, -0.25) is 0 Å². The molecule has 0 saturated heterocycles. The molecule has 20 heavy (non-hydrogen) atoms. The molecule has 2 amide bonds. The summed E-state index contributed by atoms with van der Waals surface area (Å²) in [4.78, 5) is 27.0. The molecule has 1 fully saturated rings. The fourth-order valence-electron chi connectivity index (χ4n) is 2.82. The summed E-state index contributed by atoms with van der Waals surface area (Å²) in [7, 11) is 1.86. The van der Waals surface area contributed by atoms with Gasteiger partial charge in [-0.15, -0.1) is 0 Å². The number of urea groups is 1. The Kier molecular flexibility index (Phi) is 3.12. The van der Waals surface area contributed by atoms with Gasteiger partial charge in [0, 0.05) is 26.2 Å². The second-order valence-corrected chi connectivity index (χ2v) is 5.62. The lowest BCUT2D eigenvalue weighted by Gasteiger charge is -2.36. The molecule has 1 N–H and O–H groups in total. The molecular formula is C15H18N2O3. The number of fused-ring (bicyclic) bond motifs is 1. The number of aromatic carboxylic acids is 1. The molecule has 1 aliphatic heterocycles. The Bertz CT molecular complexity index is 566. The summed E-state index contributed by atoms with van der Waals surface area (Å²) in [6, 6.07) is 5.51. The number of rotatable bonds is 2. The van der Waals surface area contributed by atoms with Gasteiger partial charge in [0.05, 0.1) is 5.56 Å². The Labute approximate surface area is 117 Å². The van der Waals surface area contributed by atoms with E-state index in [0.717, 1.165) is 24.0 Å². The Morgan fingerprint density at radius 3 is 2.55 bits per heavy atom. The number of carbonyl (C=O) groups is 2. The van der Waals surface area contributed by atoms with Crippen LogP contribution in [-0.4, -0.2) is 40.0 Å². The molecule has 1 heterocycles. The lowest BCUT2D eigenvalue weighted by molar-refractivity contribution is 0.0696. The molecule has 5 nitrogen and oxygen atoms in total. The largest absolute Gasteiger partial charge is 0.478 e. The van der Waals surface area contributed by atoms with Crippen LogP contribution in [0.15, 0.2) is 18.2 Å². The Hall–Kier alpha value is -2.04. The highest BCUT2D eigenvalue weighted by Gasteiger charge is 2.31. The number of carboxylic acids is 1. The van der Waals surface area contributed by atoms with Crippen molar-refractivity contribution < 1.29 is 14.7 Å². The molecule has 1 aromatic rings. The highest BCUT2D eigenvalue weighted by Crippen LogP contribution is 2.28. The minimum atomic E-state index is -0.927. The van der Waals surface area contributed by atoms with Gasteiger partial charge in [-0.05, 0) is 42.5 Å². The van der Waals surface area contributed by atoms with Crippen molar-refractivity contribution in [2.24, 2.45) is 0 Å². The molecule has 0 aromatic heterocycles. The summed E-state index contributed by atoms with van der Waals surface area (Å²) >= 11 is 0. The zero-order valence-corrected chi connectivity index (χ0v) is 11.5. The number of amides is 2. The molecule has 106 valence electrons. The molecule has 5 heteroatoms. The minimum Gasteiger partial charge on any atom is -0.478 e. The van der Waals surface area contributed by atoms with Gasteiger partial charge < -0.3 is 14.9 Å². The standard InChI is InChI=1S/C15H18N2O3/c1-16(13-3-2-4-13)15(20)17-8-11-6-5-10(14(18)19)7-12(11)9-17/h5-7,13H,2-4,8-9H2,1H3,(H,18,19). The van der Waals surface area contributed by atoms with E-state index in [1.54, 1.807) is 17.0 Å². The van der Waals surface area contributed by atoms with E-state index in [1.165, 1.54) is 6.42 Å². The fraction of sp³-hybridized carbons (Fsp3) is 0.467. The smallest absolute Gasteiger partial charge is 0.335 e. The molecule has 1 saturated carbocycles. The first kappa shape index (κ1) is 13.0. The third kappa shape index (κ3) is 2.13. The molecule has 1 aliphatic carbocycles. The van der Waals surface area contributed by atoms with Gasteiger partial charge >= 0.3 is 12.0 Å². The molecule has 0 radical (unpaired) electrons. The number of nitrogens with zero attached hydrogens (tertiary/aromatic N) is 2. The maximum Gasteiger partial charge on any atom is 0.335 e. The second kappa shape index (κ2) is 4.81. The zero-order chi connectivity index (χ0) is 14.3. The van der Waals surface area contributed by atoms with Crippen LogP contribution in [0.1, 0.15) is 40.7 Å². The summed E-state index contributed by atoms with van der Waals surface area (Å²) in [5.74, 6) is -0.927. The van der Waals surface area contributed by atoms with Crippen LogP contribution < -0.4 is 0 Å². The van der Waals surface area contributed by atoms with E-state index in [2.05, 4.69) is 0 Å². The first-order chi connectivity index (χ1) is 9.56. The fourth-order valence-corrected chi connectivity index (χ4v) is 2.82. The van der Waals surface area contributed by atoms with Crippen LogP contribution in [0.25, 0.3) is 0 Å². The van der Waals surface area contributed by atoms with Crippen LogP contribution in [0.5, 0.6) is 0 Å². The quantitative estimate of drug-likeness (QED) is 0.900. The van der Waals surface area contributed by atoms with E-state index in [9.17, 15) is 9.59 Å². The average Bonchev–Trinajstić information content (AvgIpc) is 2.78. The summed E-state index contributed by atoms with van der Waals surface area (Å²) in [5.41, 5.74) is 2.27. The Balaban J connectivity index is 1.73. The number of benzene rings is 1. The monoisotopic (exact) mass is 274 g/mol. The SMILES string of the molecule is CN(C(=O)N1Cc2ccc(C(=O)O)cc2C1)C1CCC1. The zero-order valence-electron chi connectivity index (χ0n) is 11.5. The summed E-state index contributed by atoms with van der Waals surface area (Å²) in [6.45, 7) is 1.08. The maximum absolute atomic E-state index is 12.4. The Morgan fingerprint density at radius 1 is 1.25 bits per heavy atom. The highest BCUT2D eigenvalue weighted by atomic mass is 16.4. The van der Waals surface area contributed by atoms with E-state index in [1.807, 2.05) is 18.0 Å². The van der Waals surface area contributed by atoms with Crippen LogP contribution in [0.2, 0.25) is 0 Å². The van der Waals surface area contributed by atoms with Gasteiger partial charge in [-0.2, -0.15) is 0 Å². The molecule has 0 spiro atoms. The first-order valence-corrected chi connectivity index (χ1v) is 6.93. The highest BCUT2D eigenvalue weighted by molar-refractivity contribution is 5.88. The van der Waals surface area contributed by atoms with Crippen molar-refractivity contribution in [1.82, 2.24) is 9.80 Å². The average molecular weight is 274 g/mol. The molecule has 1 aromatic carbocycles. The van der Waals surface area contributed by atoms with Crippen LogP contribution in [0, 0.1) is 0 Å². The van der Waals surface area contributed by atoms with Crippen molar-refractivity contribution in [2.75, 3.05) is 7.05 Å². The number of carbonyl (C=O) groups excluding carboxylic acids is 1. The van der Waals surface area contributed by atoms with Gasteiger partial charge in [0.1, 0.15) is 0 Å². The predicted octanol–water partition coefficient (Wildman–Crippen LogP) is 2.30. The molecule has 2 aliphatic rings. The van der Waals surface area contributed by atoms with Gasteiger partial charge in [-0.25, -0.2) is 9.59 Å². The number of hydrogen-bond donors (Lipinski definition) is 1. The van der Waals surface area contributed by atoms with Gasteiger partial charge in [0.25, 0.3) is 0 Å². The van der Waals surface area contributed by atoms with E-state index in [0.29, 0.717) is 19.1 Å². The van der Waals surface area contributed by atoms with Crippen LogP contribution in [0.4, 0.5) is 4.79 Å². The van der Waals surface area contributed by atoms with Crippen molar-refractivity contribution in [1.29, 1.82) is 0 Å². The van der Waals surface area contributed by atoms with Gasteiger partial charge in [0.15, 0.2) is 0 Å². The first-order valence-electron chi connectivity index (χ1n) is 6.93.